The topological polar surface area (TPSA) is 58.2 Å². The van der Waals surface area contributed by atoms with E-state index in [1.807, 2.05) is 6.92 Å². The molecule has 1 rings (SSSR count). The number of amides is 1. The Kier molecular flexibility index (Phi) is 6.15. The van der Waals surface area contributed by atoms with Gasteiger partial charge in [-0.2, -0.15) is 0 Å². The number of hydrogen-bond donors (Lipinski definition) is 2. The Morgan fingerprint density at radius 1 is 1.44 bits per heavy atom. The smallest absolute Gasteiger partial charge is 0.253 e. The van der Waals surface area contributed by atoms with Crippen molar-refractivity contribution in [3.63, 3.8) is 0 Å². The summed E-state index contributed by atoms with van der Waals surface area (Å²) < 4.78 is 11.2. The minimum atomic E-state index is -0.868. The van der Waals surface area contributed by atoms with Crippen LogP contribution in [0.25, 0.3) is 0 Å². The molecule has 2 N–H and O–H groups in total. The second kappa shape index (κ2) is 7.38. The molecule has 1 aromatic carbocycles. The second-order valence-electron chi connectivity index (χ2n) is 3.63. The third-order valence-electron chi connectivity index (χ3n) is 2.43. The first-order valence-electron chi connectivity index (χ1n) is 5.69. The van der Waals surface area contributed by atoms with Crippen LogP contribution in [-0.2, 0) is 10.8 Å². The normalized spacial score (nSPS) is 11.9. The van der Waals surface area contributed by atoms with Crippen LogP contribution in [0.3, 0.4) is 0 Å². The standard InChI is InChI=1S/C12H17ClN2O2S/c1-3-18(17)7-6-15-12(16)10-8-9(13)4-5-11(10)14-2/h4-5,8,14H,3,6-7H2,1-2H3,(H,15,16). The highest BCUT2D eigenvalue weighted by Gasteiger charge is 2.11. The predicted molar refractivity (Wildman–Crippen MR) is 76.9 cm³/mol. The largest absolute Gasteiger partial charge is 0.387 e. The maximum Gasteiger partial charge on any atom is 0.253 e. The van der Waals surface area contributed by atoms with Crippen molar-refractivity contribution in [3.8, 4) is 0 Å². The fourth-order valence-corrected chi connectivity index (χ4v) is 2.23. The van der Waals surface area contributed by atoms with Gasteiger partial charge in [-0.3, -0.25) is 9.00 Å². The van der Waals surface area contributed by atoms with E-state index >= 15 is 0 Å². The summed E-state index contributed by atoms with van der Waals surface area (Å²) in [5.74, 6) is 0.863. The molecule has 0 spiro atoms. The van der Waals surface area contributed by atoms with Gasteiger partial charge >= 0.3 is 0 Å². The number of halogens is 1. The Labute approximate surface area is 115 Å². The van der Waals surface area contributed by atoms with E-state index < -0.39 is 10.8 Å². The van der Waals surface area contributed by atoms with Crippen molar-refractivity contribution in [2.75, 3.05) is 30.4 Å². The first-order valence-corrected chi connectivity index (χ1v) is 7.55. The zero-order chi connectivity index (χ0) is 13.5. The fraction of sp³-hybridized carbons (Fsp3) is 0.417. The lowest BCUT2D eigenvalue weighted by Crippen LogP contribution is -2.28. The van der Waals surface area contributed by atoms with Crippen LogP contribution >= 0.6 is 11.6 Å². The molecule has 0 bridgehead atoms. The minimum absolute atomic E-state index is 0.213. The molecule has 1 amide bonds. The molecule has 0 saturated carbocycles. The fourth-order valence-electron chi connectivity index (χ4n) is 1.44. The van der Waals surface area contributed by atoms with E-state index in [2.05, 4.69) is 10.6 Å². The third-order valence-corrected chi connectivity index (χ3v) is 3.97. The predicted octanol–water partition coefficient (Wildman–Crippen LogP) is 1.88. The molecule has 100 valence electrons. The van der Waals surface area contributed by atoms with Crippen LogP contribution in [0.1, 0.15) is 17.3 Å². The molecule has 1 unspecified atom stereocenters. The summed E-state index contributed by atoms with van der Waals surface area (Å²) in [4.78, 5) is 11.9. The molecule has 0 aliphatic heterocycles. The molecule has 0 radical (unpaired) electrons. The van der Waals surface area contributed by atoms with Gasteiger partial charge in [0.1, 0.15) is 0 Å². The van der Waals surface area contributed by atoms with E-state index in [0.29, 0.717) is 34.3 Å². The van der Waals surface area contributed by atoms with E-state index in [4.69, 9.17) is 11.6 Å². The molecule has 6 heteroatoms. The Morgan fingerprint density at radius 2 is 2.17 bits per heavy atom. The van der Waals surface area contributed by atoms with Crippen molar-refractivity contribution in [3.05, 3.63) is 28.8 Å². The van der Waals surface area contributed by atoms with Crippen LogP contribution in [0.15, 0.2) is 18.2 Å². The van der Waals surface area contributed by atoms with E-state index in [-0.39, 0.29) is 5.91 Å². The van der Waals surface area contributed by atoms with Crippen molar-refractivity contribution < 1.29 is 9.00 Å². The summed E-state index contributed by atoms with van der Waals surface area (Å²) in [5.41, 5.74) is 1.21. The molecule has 0 aromatic heterocycles. The van der Waals surface area contributed by atoms with Crippen LogP contribution in [0, 0.1) is 0 Å². The average molecular weight is 289 g/mol. The van der Waals surface area contributed by atoms with E-state index in [1.54, 1.807) is 25.2 Å². The molecular weight excluding hydrogens is 272 g/mol. The number of carbonyl (C=O) groups excluding carboxylic acids is 1. The first-order chi connectivity index (χ1) is 8.58. The highest BCUT2D eigenvalue weighted by atomic mass is 35.5. The van der Waals surface area contributed by atoms with Gasteiger partial charge in [-0.25, -0.2) is 0 Å². The van der Waals surface area contributed by atoms with Crippen LogP contribution in [0.4, 0.5) is 5.69 Å². The van der Waals surface area contributed by atoms with Gasteiger partial charge in [-0.05, 0) is 18.2 Å². The van der Waals surface area contributed by atoms with Crippen molar-refractivity contribution in [1.29, 1.82) is 0 Å². The number of nitrogens with one attached hydrogen (secondary N) is 2. The van der Waals surface area contributed by atoms with Gasteiger partial charge < -0.3 is 10.6 Å². The van der Waals surface area contributed by atoms with Gasteiger partial charge in [0.15, 0.2) is 0 Å². The highest BCUT2D eigenvalue weighted by molar-refractivity contribution is 7.84. The first kappa shape index (κ1) is 15.0. The number of carbonyl (C=O) groups is 1. The summed E-state index contributed by atoms with van der Waals surface area (Å²) in [6.45, 7) is 2.25. The molecule has 0 saturated heterocycles. The lowest BCUT2D eigenvalue weighted by atomic mass is 10.1. The molecule has 0 aliphatic carbocycles. The minimum Gasteiger partial charge on any atom is -0.387 e. The summed E-state index contributed by atoms with van der Waals surface area (Å²) in [6, 6.07) is 5.08. The molecule has 0 fully saturated rings. The number of benzene rings is 1. The van der Waals surface area contributed by atoms with Crippen molar-refractivity contribution in [1.82, 2.24) is 5.32 Å². The van der Waals surface area contributed by atoms with Crippen LogP contribution < -0.4 is 10.6 Å². The molecule has 4 nitrogen and oxygen atoms in total. The highest BCUT2D eigenvalue weighted by Crippen LogP contribution is 2.19. The molecule has 1 aromatic rings. The summed E-state index contributed by atoms with van der Waals surface area (Å²) in [6.07, 6.45) is 0. The summed E-state index contributed by atoms with van der Waals surface area (Å²) >= 11 is 5.87. The Balaban J connectivity index is 2.66. The van der Waals surface area contributed by atoms with Crippen molar-refractivity contribution in [2.45, 2.75) is 6.92 Å². The van der Waals surface area contributed by atoms with E-state index in [0.717, 1.165) is 0 Å². The average Bonchev–Trinajstić information content (AvgIpc) is 2.38. The van der Waals surface area contributed by atoms with Gasteiger partial charge in [-0.1, -0.05) is 18.5 Å². The zero-order valence-electron chi connectivity index (χ0n) is 10.5. The lowest BCUT2D eigenvalue weighted by molar-refractivity contribution is 0.0957. The number of hydrogen-bond acceptors (Lipinski definition) is 3. The number of anilines is 1. The quantitative estimate of drug-likeness (QED) is 0.840. The van der Waals surface area contributed by atoms with Crippen LogP contribution in [-0.4, -0.2) is 35.2 Å². The monoisotopic (exact) mass is 288 g/mol. The Bertz CT molecular complexity index is 452. The van der Waals surface area contributed by atoms with Gasteiger partial charge in [0.05, 0.1) is 5.56 Å². The molecule has 0 aliphatic rings. The molecule has 0 heterocycles. The Hall–Kier alpha value is -1.07. The Morgan fingerprint density at radius 3 is 2.78 bits per heavy atom. The third kappa shape index (κ3) is 4.31. The van der Waals surface area contributed by atoms with Gasteiger partial charge in [0, 0.05) is 46.6 Å². The van der Waals surface area contributed by atoms with Crippen molar-refractivity contribution >= 4 is 34.0 Å². The molecular formula is C12H17ClN2O2S. The van der Waals surface area contributed by atoms with E-state index in [9.17, 15) is 9.00 Å². The van der Waals surface area contributed by atoms with Gasteiger partial charge in [0.2, 0.25) is 0 Å². The molecule has 18 heavy (non-hydrogen) atoms. The van der Waals surface area contributed by atoms with Crippen molar-refractivity contribution in [2.24, 2.45) is 0 Å². The molecule has 1 atom stereocenters. The SMILES string of the molecule is CCS(=O)CCNC(=O)c1cc(Cl)ccc1NC. The summed E-state index contributed by atoms with van der Waals surface area (Å²) in [5, 5.41) is 6.18. The maximum absolute atomic E-state index is 11.9. The van der Waals surface area contributed by atoms with E-state index in [1.165, 1.54) is 0 Å². The maximum atomic E-state index is 11.9. The van der Waals surface area contributed by atoms with Crippen LogP contribution in [0.2, 0.25) is 5.02 Å². The number of rotatable bonds is 6. The summed E-state index contributed by atoms with van der Waals surface area (Å²) in [7, 11) is 0.874. The van der Waals surface area contributed by atoms with Crippen LogP contribution in [0.5, 0.6) is 0 Å². The van der Waals surface area contributed by atoms with Gasteiger partial charge in [0.25, 0.3) is 5.91 Å². The lowest BCUT2D eigenvalue weighted by Gasteiger charge is -2.10. The second-order valence-corrected chi connectivity index (χ2v) is 5.93. The van der Waals surface area contributed by atoms with Gasteiger partial charge in [-0.15, -0.1) is 0 Å². The zero-order valence-corrected chi connectivity index (χ0v) is 12.0.